The third-order valence-corrected chi connectivity index (χ3v) is 3.57. The van der Waals surface area contributed by atoms with Crippen LogP contribution in [0.1, 0.15) is 62.1 Å². The van der Waals surface area contributed by atoms with Crippen molar-refractivity contribution in [1.29, 1.82) is 0 Å². The second-order valence-corrected chi connectivity index (χ2v) is 6.30. The van der Waals surface area contributed by atoms with E-state index >= 15 is 0 Å². The number of nitrogens with one attached hydrogen (secondary N) is 2. The topological polar surface area (TPSA) is 83.8 Å². The molecule has 1 atom stereocenters. The van der Waals surface area contributed by atoms with Gasteiger partial charge in [0.2, 0.25) is 0 Å². The van der Waals surface area contributed by atoms with Crippen LogP contribution in [0.2, 0.25) is 0 Å². The van der Waals surface area contributed by atoms with Crippen molar-refractivity contribution in [2.45, 2.75) is 51.5 Å². The maximum Gasteiger partial charge on any atom is 0.272 e. The molecule has 0 bridgehead atoms. The second kappa shape index (κ2) is 6.59. The summed E-state index contributed by atoms with van der Waals surface area (Å²) in [6, 6.07) is 1.86. The van der Waals surface area contributed by atoms with E-state index in [0.29, 0.717) is 24.1 Å². The van der Waals surface area contributed by atoms with Crippen LogP contribution in [0.15, 0.2) is 6.07 Å². The van der Waals surface area contributed by atoms with Crippen LogP contribution in [0.5, 0.6) is 0 Å². The van der Waals surface area contributed by atoms with Gasteiger partial charge in [0.05, 0.1) is 5.54 Å². The van der Waals surface area contributed by atoms with Crippen LogP contribution in [0.3, 0.4) is 0 Å². The van der Waals surface area contributed by atoms with Gasteiger partial charge in [0.1, 0.15) is 5.69 Å². The van der Waals surface area contributed by atoms with Gasteiger partial charge in [-0.1, -0.05) is 13.8 Å². The summed E-state index contributed by atoms with van der Waals surface area (Å²) in [6.45, 7) is 6.66. The molecular weight excluding hydrogens is 276 g/mol. The van der Waals surface area contributed by atoms with Crippen molar-refractivity contribution in [2.24, 2.45) is 11.7 Å². The Bertz CT molecular complexity index is 456. The molecule has 0 aliphatic heterocycles. The average Bonchev–Trinajstić information content (AvgIpc) is 3.06. The van der Waals surface area contributed by atoms with E-state index in [1.165, 1.54) is 12.8 Å². The number of aromatic nitrogens is 2. The van der Waals surface area contributed by atoms with E-state index in [1.54, 1.807) is 0 Å². The highest BCUT2D eigenvalue weighted by Crippen LogP contribution is 2.39. The molecule has 1 amide bonds. The fraction of sp³-hybridized carbons (Fsp3) is 0.714. The number of amides is 1. The Kier molecular flexibility index (Phi) is 5.59. The first kappa shape index (κ1) is 17.0. The minimum atomic E-state index is -0.371. The lowest BCUT2D eigenvalue weighted by Crippen LogP contribution is -2.52. The summed E-state index contributed by atoms with van der Waals surface area (Å²) < 4.78 is 0. The molecular formula is C14H25ClN4O. The molecule has 0 saturated heterocycles. The van der Waals surface area contributed by atoms with Gasteiger partial charge >= 0.3 is 0 Å². The minimum Gasteiger partial charge on any atom is -0.344 e. The highest BCUT2D eigenvalue weighted by molar-refractivity contribution is 5.92. The van der Waals surface area contributed by atoms with Crippen LogP contribution in [-0.2, 0) is 0 Å². The van der Waals surface area contributed by atoms with Crippen LogP contribution in [0, 0.1) is 5.92 Å². The molecule has 1 unspecified atom stereocenters. The van der Waals surface area contributed by atoms with Gasteiger partial charge in [0.15, 0.2) is 0 Å². The zero-order chi connectivity index (χ0) is 14.0. The monoisotopic (exact) mass is 300 g/mol. The Morgan fingerprint density at radius 1 is 1.60 bits per heavy atom. The predicted octanol–water partition coefficient (Wildman–Crippen LogP) is 2.20. The van der Waals surface area contributed by atoms with E-state index in [1.807, 2.05) is 13.0 Å². The number of carbonyl (C=O) groups excluding carboxylic acids is 1. The number of rotatable bonds is 6. The summed E-state index contributed by atoms with van der Waals surface area (Å²) in [5.41, 5.74) is 6.97. The third kappa shape index (κ3) is 4.21. The van der Waals surface area contributed by atoms with Crippen LogP contribution >= 0.6 is 12.4 Å². The van der Waals surface area contributed by atoms with E-state index in [0.717, 1.165) is 12.1 Å². The Hall–Kier alpha value is -1.07. The number of aromatic amines is 1. The summed E-state index contributed by atoms with van der Waals surface area (Å²) in [5.74, 6) is 0.914. The number of H-pyrrole nitrogens is 1. The zero-order valence-corrected chi connectivity index (χ0v) is 13.2. The van der Waals surface area contributed by atoms with Crippen molar-refractivity contribution in [3.8, 4) is 0 Å². The molecule has 114 valence electrons. The van der Waals surface area contributed by atoms with E-state index in [-0.39, 0.29) is 23.9 Å². The molecule has 4 N–H and O–H groups in total. The molecule has 1 heterocycles. The molecule has 6 heteroatoms. The van der Waals surface area contributed by atoms with Crippen molar-refractivity contribution in [1.82, 2.24) is 15.5 Å². The molecule has 1 aromatic heterocycles. The molecule has 5 nitrogen and oxygen atoms in total. The van der Waals surface area contributed by atoms with Crippen LogP contribution in [0.4, 0.5) is 0 Å². The molecule has 0 spiro atoms. The maximum atomic E-state index is 12.2. The molecule has 1 saturated carbocycles. The molecule has 2 rings (SSSR count). The summed E-state index contributed by atoms with van der Waals surface area (Å²) in [7, 11) is 0. The van der Waals surface area contributed by atoms with Gasteiger partial charge in [-0.15, -0.1) is 12.4 Å². The molecule has 0 radical (unpaired) electrons. The largest absolute Gasteiger partial charge is 0.344 e. The first-order valence-electron chi connectivity index (χ1n) is 7.01. The zero-order valence-electron chi connectivity index (χ0n) is 12.4. The lowest BCUT2D eigenvalue weighted by Gasteiger charge is -2.30. The number of carbonyl (C=O) groups is 1. The first-order chi connectivity index (χ1) is 8.93. The predicted molar refractivity (Wildman–Crippen MR) is 82.2 cm³/mol. The quantitative estimate of drug-likeness (QED) is 0.753. The van der Waals surface area contributed by atoms with Gasteiger partial charge in [-0.2, -0.15) is 5.10 Å². The van der Waals surface area contributed by atoms with E-state index in [2.05, 4.69) is 29.4 Å². The Morgan fingerprint density at radius 3 is 2.75 bits per heavy atom. The van der Waals surface area contributed by atoms with Gasteiger partial charge in [-0.05, 0) is 38.2 Å². The summed E-state index contributed by atoms with van der Waals surface area (Å²) in [5, 5.41) is 10.1. The third-order valence-electron chi connectivity index (χ3n) is 3.57. The minimum absolute atomic E-state index is 0. The maximum absolute atomic E-state index is 12.2. The van der Waals surface area contributed by atoms with Crippen molar-refractivity contribution in [2.75, 3.05) is 6.54 Å². The number of hydrogen-bond donors (Lipinski definition) is 3. The fourth-order valence-electron chi connectivity index (χ4n) is 2.48. The van der Waals surface area contributed by atoms with E-state index in [4.69, 9.17) is 5.73 Å². The van der Waals surface area contributed by atoms with Crippen molar-refractivity contribution >= 4 is 18.3 Å². The SMILES string of the molecule is CC(C)CC(C)(CN)NC(=O)c1cc(C2CC2)[nH]n1.Cl. The standard InChI is InChI=1S/C14H24N4O.ClH/c1-9(2)7-14(3,8-15)16-13(19)12-6-11(17-18-12)10-4-5-10;/h6,9-10H,4-5,7-8,15H2,1-3H3,(H,16,19)(H,17,18);1H. The molecule has 1 aliphatic carbocycles. The summed E-state index contributed by atoms with van der Waals surface area (Å²) in [4.78, 5) is 12.2. The Labute approximate surface area is 126 Å². The van der Waals surface area contributed by atoms with Crippen LogP contribution in [0.25, 0.3) is 0 Å². The van der Waals surface area contributed by atoms with Crippen molar-refractivity contribution in [3.05, 3.63) is 17.5 Å². The normalized spacial score (nSPS) is 17.4. The van der Waals surface area contributed by atoms with Crippen molar-refractivity contribution in [3.63, 3.8) is 0 Å². The fourth-order valence-corrected chi connectivity index (χ4v) is 2.48. The van der Waals surface area contributed by atoms with Gasteiger partial charge in [0.25, 0.3) is 5.91 Å². The Balaban J connectivity index is 0.00000200. The Morgan fingerprint density at radius 2 is 2.25 bits per heavy atom. The summed E-state index contributed by atoms with van der Waals surface area (Å²) >= 11 is 0. The van der Waals surface area contributed by atoms with Crippen LogP contribution in [-0.4, -0.2) is 28.2 Å². The first-order valence-corrected chi connectivity index (χ1v) is 7.01. The molecule has 1 aromatic rings. The van der Waals surface area contributed by atoms with E-state index in [9.17, 15) is 4.79 Å². The van der Waals surface area contributed by atoms with Crippen molar-refractivity contribution < 1.29 is 4.79 Å². The number of nitrogens with zero attached hydrogens (tertiary/aromatic N) is 1. The molecule has 20 heavy (non-hydrogen) atoms. The molecule has 0 aromatic carbocycles. The van der Waals surface area contributed by atoms with Gasteiger partial charge < -0.3 is 11.1 Å². The van der Waals surface area contributed by atoms with Gasteiger partial charge in [-0.3, -0.25) is 9.89 Å². The van der Waals surface area contributed by atoms with Gasteiger partial charge in [0, 0.05) is 18.2 Å². The molecule has 1 aliphatic rings. The lowest BCUT2D eigenvalue weighted by molar-refractivity contribution is 0.0893. The summed E-state index contributed by atoms with van der Waals surface area (Å²) in [6.07, 6.45) is 3.24. The molecule has 1 fully saturated rings. The van der Waals surface area contributed by atoms with Crippen LogP contribution < -0.4 is 11.1 Å². The smallest absolute Gasteiger partial charge is 0.272 e. The lowest BCUT2D eigenvalue weighted by atomic mass is 9.90. The van der Waals surface area contributed by atoms with Gasteiger partial charge in [-0.25, -0.2) is 0 Å². The average molecular weight is 301 g/mol. The highest BCUT2D eigenvalue weighted by atomic mass is 35.5. The highest BCUT2D eigenvalue weighted by Gasteiger charge is 2.29. The number of hydrogen-bond acceptors (Lipinski definition) is 3. The second-order valence-electron chi connectivity index (χ2n) is 6.30. The number of halogens is 1. The van der Waals surface area contributed by atoms with E-state index < -0.39 is 0 Å². The number of nitrogens with two attached hydrogens (primary N) is 1.